The number of thiazole rings is 1. The molecular formula is C12H16ClN3S. The van der Waals surface area contributed by atoms with Gasteiger partial charge in [-0.2, -0.15) is 0 Å². The Morgan fingerprint density at radius 1 is 1.59 bits per heavy atom. The number of alkyl halides is 1. The number of halogens is 1. The zero-order valence-corrected chi connectivity index (χ0v) is 11.4. The molecule has 0 aromatic carbocycles. The van der Waals surface area contributed by atoms with Crippen molar-refractivity contribution in [1.82, 2.24) is 14.3 Å². The van der Waals surface area contributed by atoms with Crippen LogP contribution in [-0.4, -0.2) is 32.8 Å². The first-order chi connectivity index (χ1) is 8.22. The molecule has 2 atom stereocenters. The minimum absolute atomic E-state index is 0.344. The Morgan fingerprint density at radius 2 is 2.47 bits per heavy atom. The molecule has 92 valence electrons. The summed E-state index contributed by atoms with van der Waals surface area (Å²) in [7, 11) is 0. The highest BCUT2D eigenvalue weighted by molar-refractivity contribution is 7.15. The summed E-state index contributed by atoms with van der Waals surface area (Å²) in [5, 5.41) is 2.41. The van der Waals surface area contributed by atoms with Crippen molar-refractivity contribution in [3.63, 3.8) is 0 Å². The van der Waals surface area contributed by atoms with Crippen LogP contribution >= 0.6 is 22.9 Å². The van der Waals surface area contributed by atoms with Crippen molar-refractivity contribution in [2.24, 2.45) is 5.92 Å². The van der Waals surface area contributed by atoms with Gasteiger partial charge in [-0.25, -0.2) is 4.98 Å². The highest BCUT2D eigenvalue weighted by atomic mass is 35.5. The molecule has 2 unspecified atom stereocenters. The van der Waals surface area contributed by atoms with Gasteiger partial charge >= 0.3 is 0 Å². The summed E-state index contributed by atoms with van der Waals surface area (Å²) in [5.74, 6) is 0.578. The summed E-state index contributed by atoms with van der Waals surface area (Å²) in [5.41, 5.74) is 1.16. The number of likely N-dealkylation sites (tertiary alicyclic amines) is 1. The Bertz CT molecular complexity index is 478. The molecule has 2 aromatic rings. The topological polar surface area (TPSA) is 20.5 Å². The third-order valence-electron chi connectivity index (χ3n) is 3.41. The third kappa shape index (κ3) is 2.34. The number of aromatic nitrogens is 2. The van der Waals surface area contributed by atoms with Gasteiger partial charge in [0.2, 0.25) is 0 Å². The van der Waals surface area contributed by atoms with Gasteiger partial charge in [0.1, 0.15) is 0 Å². The van der Waals surface area contributed by atoms with Gasteiger partial charge in [-0.3, -0.25) is 9.30 Å². The summed E-state index contributed by atoms with van der Waals surface area (Å²) < 4.78 is 2.09. The minimum Gasteiger partial charge on any atom is -0.297 e. The molecule has 0 spiro atoms. The van der Waals surface area contributed by atoms with Crippen LogP contribution in [0.1, 0.15) is 19.0 Å². The second-order valence-electron chi connectivity index (χ2n) is 4.84. The quantitative estimate of drug-likeness (QED) is 0.782. The number of hydrogen-bond acceptors (Lipinski definition) is 3. The smallest absolute Gasteiger partial charge is 0.193 e. The normalized spacial score (nSPS) is 26.7. The molecule has 2 aromatic heterocycles. The van der Waals surface area contributed by atoms with E-state index in [2.05, 4.69) is 39.0 Å². The molecule has 5 heteroatoms. The third-order valence-corrected chi connectivity index (χ3v) is 4.83. The molecule has 3 heterocycles. The molecule has 17 heavy (non-hydrogen) atoms. The molecule has 0 bridgehead atoms. The standard InChI is InChI=1S/C12H16ClN3S/c1-9-6-15(3-2-11(9)13)7-10-8-16-4-5-17-12(16)14-10/h4-5,8-9,11H,2-3,6-7H2,1H3. The van der Waals surface area contributed by atoms with Gasteiger partial charge in [-0.05, 0) is 18.9 Å². The van der Waals surface area contributed by atoms with Crippen LogP contribution in [0.4, 0.5) is 0 Å². The fourth-order valence-electron chi connectivity index (χ4n) is 2.43. The van der Waals surface area contributed by atoms with Gasteiger partial charge < -0.3 is 0 Å². The van der Waals surface area contributed by atoms with Crippen LogP contribution in [0.3, 0.4) is 0 Å². The summed E-state index contributed by atoms with van der Waals surface area (Å²) in [6, 6.07) is 0. The molecule has 0 N–H and O–H groups in total. The van der Waals surface area contributed by atoms with Crippen molar-refractivity contribution in [2.75, 3.05) is 13.1 Å². The number of fused-ring (bicyclic) bond motifs is 1. The summed E-state index contributed by atoms with van der Waals surface area (Å²) in [4.78, 5) is 8.16. The van der Waals surface area contributed by atoms with Crippen LogP contribution in [-0.2, 0) is 6.54 Å². The maximum Gasteiger partial charge on any atom is 0.193 e. The van der Waals surface area contributed by atoms with Gasteiger partial charge in [0.15, 0.2) is 4.96 Å². The Morgan fingerprint density at radius 3 is 3.24 bits per heavy atom. The van der Waals surface area contributed by atoms with Crippen LogP contribution in [0.5, 0.6) is 0 Å². The van der Waals surface area contributed by atoms with E-state index in [0.29, 0.717) is 11.3 Å². The van der Waals surface area contributed by atoms with Crippen molar-refractivity contribution in [1.29, 1.82) is 0 Å². The largest absolute Gasteiger partial charge is 0.297 e. The monoisotopic (exact) mass is 269 g/mol. The zero-order valence-electron chi connectivity index (χ0n) is 9.84. The number of piperidine rings is 1. The van der Waals surface area contributed by atoms with Crippen molar-refractivity contribution >= 4 is 27.9 Å². The molecule has 1 aliphatic heterocycles. The van der Waals surface area contributed by atoms with E-state index in [1.807, 2.05) is 0 Å². The SMILES string of the molecule is CC1CN(Cc2cn3ccsc3n2)CCC1Cl. The van der Waals surface area contributed by atoms with Crippen LogP contribution in [0.15, 0.2) is 17.8 Å². The van der Waals surface area contributed by atoms with Crippen LogP contribution in [0.25, 0.3) is 4.96 Å². The number of hydrogen-bond donors (Lipinski definition) is 0. The van der Waals surface area contributed by atoms with E-state index >= 15 is 0 Å². The first-order valence-corrected chi connectivity index (χ1v) is 7.31. The average Bonchev–Trinajstić information content (AvgIpc) is 2.84. The highest BCUT2D eigenvalue weighted by Gasteiger charge is 2.24. The van der Waals surface area contributed by atoms with E-state index < -0.39 is 0 Å². The van der Waals surface area contributed by atoms with Crippen LogP contribution < -0.4 is 0 Å². The molecule has 3 rings (SSSR count). The molecule has 1 fully saturated rings. The molecule has 0 saturated carbocycles. The van der Waals surface area contributed by atoms with Gasteiger partial charge in [0.25, 0.3) is 0 Å². The Balaban J connectivity index is 1.69. The maximum atomic E-state index is 6.24. The fraction of sp³-hybridized carbons (Fsp3) is 0.583. The van der Waals surface area contributed by atoms with Crippen LogP contribution in [0.2, 0.25) is 0 Å². The molecule has 1 aliphatic rings. The minimum atomic E-state index is 0.344. The van der Waals surface area contributed by atoms with E-state index in [4.69, 9.17) is 11.6 Å². The van der Waals surface area contributed by atoms with E-state index in [1.165, 1.54) is 0 Å². The van der Waals surface area contributed by atoms with Crippen molar-refractivity contribution in [3.05, 3.63) is 23.5 Å². The van der Waals surface area contributed by atoms with Crippen molar-refractivity contribution < 1.29 is 0 Å². The number of imidazole rings is 1. The predicted molar refractivity (Wildman–Crippen MR) is 71.8 cm³/mol. The first-order valence-electron chi connectivity index (χ1n) is 6.00. The van der Waals surface area contributed by atoms with Gasteiger partial charge in [-0.15, -0.1) is 22.9 Å². The van der Waals surface area contributed by atoms with Gasteiger partial charge in [-0.1, -0.05) is 6.92 Å². The van der Waals surface area contributed by atoms with Crippen molar-refractivity contribution in [3.8, 4) is 0 Å². The Hall–Kier alpha value is -0.580. The molecule has 0 aliphatic carbocycles. The number of rotatable bonds is 2. The van der Waals surface area contributed by atoms with Gasteiger partial charge in [0.05, 0.1) is 5.69 Å². The Kier molecular flexibility index (Phi) is 3.11. The summed E-state index contributed by atoms with van der Waals surface area (Å²) in [6.07, 6.45) is 5.28. The molecule has 0 radical (unpaired) electrons. The van der Waals surface area contributed by atoms with E-state index in [-0.39, 0.29) is 0 Å². The van der Waals surface area contributed by atoms with Gasteiger partial charge in [0, 0.05) is 36.2 Å². The predicted octanol–water partition coefficient (Wildman–Crippen LogP) is 2.85. The lowest BCUT2D eigenvalue weighted by molar-refractivity contribution is 0.178. The molecule has 3 nitrogen and oxygen atoms in total. The van der Waals surface area contributed by atoms with Crippen molar-refractivity contribution in [2.45, 2.75) is 25.3 Å². The lowest BCUT2D eigenvalue weighted by Crippen LogP contribution is -2.39. The Labute approximate surface area is 110 Å². The first kappa shape index (κ1) is 11.5. The molecule has 1 saturated heterocycles. The van der Waals surface area contributed by atoms with E-state index in [9.17, 15) is 0 Å². The fourth-order valence-corrected chi connectivity index (χ4v) is 3.32. The lowest BCUT2D eigenvalue weighted by atomic mass is 9.99. The van der Waals surface area contributed by atoms with E-state index in [1.54, 1.807) is 11.3 Å². The molecular weight excluding hydrogens is 254 g/mol. The highest BCUT2D eigenvalue weighted by Crippen LogP contribution is 2.23. The second kappa shape index (κ2) is 4.59. The van der Waals surface area contributed by atoms with E-state index in [0.717, 1.165) is 36.7 Å². The maximum absolute atomic E-state index is 6.24. The number of nitrogens with zero attached hydrogens (tertiary/aromatic N) is 3. The summed E-state index contributed by atoms with van der Waals surface area (Å²) in [6.45, 7) is 5.35. The second-order valence-corrected chi connectivity index (χ2v) is 6.28. The molecule has 0 amide bonds. The average molecular weight is 270 g/mol. The van der Waals surface area contributed by atoms with Crippen LogP contribution in [0, 0.1) is 5.92 Å². The summed E-state index contributed by atoms with van der Waals surface area (Å²) >= 11 is 7.92. The lowest BCUT2D eigenvalue weighted by Gasteiger charge is -2.33. The zero-order chi connectivity index (χ0) is 11.8.